The van der Waals surface area contributed by atoms with Crippen molar-refractivity contribution in [3.63, 3.8) is 0 Å². The first-order valence-corrected chi connectivity index (χ1v) is 7.77. The van der Waals surface area contributed by atoms with Crippen molar-refractivity contribution in [1.82, 2.24) is 4.90 Å². The smallest absolute Gasteiger partial charge is 0.295 e. The molecule has 0 spiro atoms. The van der Waals surface area contributed by atoms with Crippen molar-refractivity contribution in [2.45, 2.75) is 39.8 Å². The van der Waals surface area contributed by atoms with Crippen LogP contribution in [0, 0.1) is 12.8 Å². The molecule has 1 aliphatic heterocycles. The van der Waals surface area contributed by atoms with Crippen LogP contribution in [0.1, 0.15) is 31.9 Å². The van der Waals surface area contributed by atoms with E-state index in [1.807, 2.05) is 32.9 Å². The molecule has 0 aromatic heterocycles. The minimum absolute atomic E-state index is 0.0632. The van der Waals surface area contributed by atoms with E-state index in [9.17, 15) is 19.8 Å². The van der Waals surface area contributed by atoms with Crippen LogP contribution in [0.15, 0.2) is 29.8 Å². The summed E-state index contributed by atoms with van der Waals surface area (Å²) in [4.78, 5) is 26.0. The monoisotopic (exact) mass is 317 g/mol. The van der Waals surface area contributed by atoms with Gasteiger partial charge < -0.3 is 15.1 Å². The summed E-state index contributed by atoms with van der Waals surface area (Å²) in [5.74, 6) is -1.58. The van der Waals surface area contributed by atoms with Crippen molar-refractivity contribution in [3.05, 3.63) is 41.0 Å². The number of ketones is 1. The lowest BCUT2D eigenvalue weighted by Crippen LogP contribution is -2.41. The molecular weight excluding hydrogens is 294 g/mol. The van der Waals surface area contributed by atoms with E-state index in [-0.39, 0.29) is 23.8 Å². The number of Topliss-reactive ketones (excluding diaryl/α,β-unsaturated/α-hetero) is 1. The zero-order valence-electron chi connectivity index (χ0n) is 13.9. The number of aryl methyl sites for hydroxylation is 1. The van der Waals surface area contributed by atoms with Crippen LogP contribution in [0.25, 0.3) is 5.76 Å². The number of β-amino-alcohol motifs (C(OH)–C–C–N with tert-alkyl or cyclic N) is 1. The van der Waals surface area contributed by atoms with Crippen molar-refractivity contribution >= 4 is 17.4 Å². The summed E-state index contributed by atoms with van der Waals surface area (Å²) < 4.78 is 0. The Kier molecular flexibility index (Phi) is 4.90. The van der Waals surface area contributed by atoms with E-state index in [0.717, 1.165) is 5.56 Å². The number of likely N-dealkylation sites (tertiary alicyclic amines) is 1. The lowest BCUT2D eigenvalue weighted by molar-refractivity contribution is -0.140. The van der Waals surface area contributed by atoms with E-state index < -0.39 is 23.8 Å². The molecule has 2 rings (SSSR count). The van der Waals surface area contributed by atoms with E-state index in [2.05, 4.69) is 0 Å². The molecule has 1 saturated heterocycles. The summed E-state index contributed by atoms with van der Waals surface area (Å²) in [5.41, 5.74) is 1.67. The molecule has 2 atom stereocenters. The molecule has 2 unspecified atom stereocenters. The second-order valence-electron chi connectivity index (χ2n) is 6.45. The van der Waals surface area contributed by atoms with Crippen LogP contribution in [-0.4, -0.2) is 45.5 Å². The summed E-state index contributed by atoms with van der Waals surface area (Å²) in [6, 6.07) is 6.59. The van der Waals surface area contributed by atoms with Crippen LogP contribution in [0.5, 0.6) is 0 Å². The van der Waals surface area contributed by atoms with Crippen LogP contribution >= 0.6 is 0 Å². The van der Waals surface area contributed by atoms with Gasteiger partial charge in [-0.15, -0.1) is 0 Å². The normalized spacial score (nSPS) is 22.0. The van der Waals surface area contributed by atoms with E-state index in [4.69, 9.17) is 0 Å². The second kappa shape index (κ2) is 6.54. The first-order chi connectivity index (χ1) is 10.7. The minimum atomic E-state index is -0.742. The Bertz CT molecular complexity index is 643. The summed E-state index contributed by atoms with van der Waals surface area (Å²) in [7, 11) is 0. The molecule has 2 N–H and O–H groups in total. The number of aliphatic hydroxyl groups is 2. The van der Waals surface area contributed by atoms with Gasteiger partial charge in [0.2, 0.25) is 0 Å². The molecule has 1 aromatic carbocycles. The molecular formula is C18H23NO4. The third-order valence-corrected chi connectivity index (χ3v) is 4.00. The molecule has 23 heavy (non-hydrogen) atoms. The molecule has 124 valence electrons. The number of benzene rings is 1. The molecule has 5 heteroatoms. The van der Waals surface area contributed by atoms with Crippen molar-refractivity contribution in [2.24, 2.45) is 5.92 Å². The zero-order valence-corrected chi connectivity index (χ0v) is 13.9. The molecule has 1 fully saturated rings. The largest absolute Gasteiger partial charge is 0.507 e. The van der Waals surface area contributed by atoms with Gasteiger partial charge in [-0.3, -0.25) is 9.59 Å². The molecule has 0 radical (unpaired) electrons. The van der Waals surface area contributed by atoms with Gasteiger partial charge in [0, 0.05) is 12.1 Å². The first-order valence-electron chi connectivity index (χ1n) is 7.77. The Hall–Kier alpha value is -2.14. The average molecular weight is 317 g/mol. The third-order valence-electron chi connectivity index (χ3n) is 4.00. The summed E-state index contributed by atoms with van der Waals surface area (Å²) in [5, 5.41) is 20.2. The molecule has 1 amide bonds. The molecule has 1 heterocycles. The highest BCUT2D eigenvalue weighted by Gasteiger charge is 2.46. The van der Waals surface area contributed by atoms with Crippen LogP contribution in [-0.2, 0) is 9.59 Å². The number of carbonyl (C=O) groups excluding carboxylic acids is 2. The van der Waals surface area contributed by atoms with Gasteiger partial charge in [-0.05, 0) is 19.8 Å². The Morgan fingerprint density at radius 2 is 1.74 bits per heavy atom. The number of hydrogen-bond acceptors (Lipinski definition) is 4. The maximum Gasteiger partial charge on any atom is 0.295 e. The van der Waals surface area contributed by atoms with Crippen molar-refractivity contribution in [1.29, 1.82) is 0 Å². The predicted molar refractivity (Wildman–Crippen MR) is 87.8 cm³/mol. The number of aliphatic hydroxyl groups excluding tert-OH is 2. The van der Waals surface area contributed by atoms with E-state index in [0.29, 0.717) is 5.56 Å². The lowest BCUT2D eigenvalue weighted by Gasteiger charge is -2.28. The van der Waals surface area contributed by atoms with Crippen molar-refractivity contribution < 1.29 is 19.8 Å². The summed E-state index contributed by atoms with van der Waals surface area (Å²) in [6.07, 6.45) is -0.742. The maximum atomic E-state index is 12.4. The quantitative estimate of drug-likeness (QED) is 0.506. The Balaban J connectivity index is 2.53. The van der Waals surface area contributed by atoms with Gasteiger partial charge in [0.25, 0.3) is 11.7 Å². The van der Waals surface area contributed by atoms with E-state index in [1.165, 1.54) is 4.90 Å². The van der Waals surface area contributed by atoms with Crippen LogP contribution in [0.2, 0.25) is 0 Å². The van der Waals surface area contributed by atoms with Crippen LogP contribution in [0.3, 0.4) is 0 Å². The fraction of sp³-hybridized carbons (Fsp3) is 0.444. The van der Waals surface area contributed by atoms with Gasteiger partial charge in [-0.2, -0.15) is 0 Å². The molecule has 1 aliphatic rings. The predicted octanol–water partition coefficient (Wildman–Crippen LogP) is 2.08. The maximum absolute atomic E-state index is 12.4. The number of rotatable bonds is 4. The van der Waals surface area contributed by atoms with Gasteiger partial charge in [-0.1, -0.05) is 43.7 Å². The molecule has 0 aliphatic carbocycles. The third kappa shape index (κ3) is 3.29. The molecule has 0 saturated carbocycles. The Morgan fingerprint density at radius 3 is 2.22 bits per heavy atom. The Labute approximate surface area is 136 Å². The Morgan fingerprint density at radius 1 is 1.17 bits per heavy atom. The molecule has 5 nitrogen and oxygen atoms in total. The van der Waals surface area contributed by atoms with E-state index in [1.54, 1.807) is 19.1 Å². The van der Waals surface area contributed by atoms with Gasteiger partial charge in [-0.25, -0.2) is 0 Å². The van der Waals surface area contributed by atoms with Gasteiger partial charge in [0.15, 0.2) is 0 Å². The minimum Gasteiger partial charge on any atom is -0.507 e. The summed E-state index contributed by atoms with van der Waals surface area (Å²) >= 11 is 0. The van der Waals surface area contributed by atoms with Crippen molar-refractivity contribution in [2.75, 3.05) is 6.54 Å². The molecule has 0 bridgehead atoms. The summed E-state index contributed by atoms with van der Waals surface area (Å²) in [6.45, 7) is 7.33. The van der Waals surface area contributed by atoms with Gasteiger partial charge >= 0.3 is 0 Å². The first kappa shape index (κ1) is 17.2. The topological polar surface area (TPSA) is 77.8 Å². The van der Waals surface area contributed by atoms with Gasteiger partial charge in [0.1, 0.15) is 5.76 Å². The second-order valence-corrected chi connectivity index (χ2v) is 6.45. The van der Waals surface area contributed by atoms with Crippen LogP contribution in [0.4, 0.5) is 0 Å². The van der Waals surface area contributed by atoms with Crippen LogP contribution < -0.4 is 0 Å². The highest BCUT2D eigenvalue weighted by molar-refractivity contribution is 6.46. The number of carbonyl (C=O) groups is 2. The number of hydrogen-bond donors (Lipinski definition) is 2. The number of nitrogens with zero attached hydrogens (tertiary/aromatic N) is 1. The highest BCUT2D eigenvalue weighted by atomic mass is 16.3. The van der Waals surface area contributed by atoms with E-state index >= 15 is 0 Å². The lowest BCUT2D eigenvalue weighted by atomic mass is 9.93. The fourth-order valence-electron chi connectivity index (χ4n) is 2.95. The standard InChI is InChI=1S/C18H23NO4/c1-10(2)15-14(16(21)13-7-5-11(3)6-8-13)17(22)18(23)19(15)9-12(4)20/h5-8,10,12,15,20-21H,9H2,1-4H3/b16-14+. The molecule has 1 aromatic rings. The number of amides is 1. The zero-order chi connectivity index (χ0) is 17.3. The van der Waals surface area contributed by atoms with Gasteiger partial charge in [0.05, 0.1) is 17.7 Å². The highest BCUT2D eigenvalue weighted by Crippen LogP contribution is 2.33. The van der Waals surface area contributed by atoms with Crippen molar-refractivity contribution in [3.8, 4) is 0 Å². The average Bonchev–Trinajstić information content (AvgIpc) is 2.72. The SMILES string of the molecule is Cc1ccc(/C(O)=C2\C(=O)C(=O)N(CC(C)O)C2C(C)C)cc1. The fourth-order valence-corrected chi connectivity index (χ4v) is 2.95.